The average molecular weight is 281 g/mol. The van der Waals surface area contributed by atoms with Crippen molar-refractivity contribution in [3.8, 4) is 0 Å². The number of carboxylic acids is 2. The number of aliphatic hydroxyl groups is 2. The number of nitrogens with one attached hydrogen (secondary N) is 1. The van der Waals surface area contributed by atoms with Gasteiger partial charge in [-0.2, -0.15) is 0 Å². The van der Waals surface area contributed by atoms with Crippen molar-refractivity contribution in [2.24, 2.45) is 0 Å². The molecule has 1 aliphatic rings. The van der Waals surface area contributed by atoms with Crippen LogP contribution in [0.15, 0.2) is 0 Å². The van der Waals surface area contributed by atoms with Crippen LogP contribution in [0.25, 0.3) is 0 Å². The Morgan fingerprint density at radius 3 is 1.41 bits per heavy atom. The summed E-state index contributed by atoms with van der Waals surface area (Å²) < 4.78 is 0. The van der Waals surface area contributed by atoms with Gasteiger partial charge in [-0.05, 0) is 0 Å². The van der Waals surface area contributed by atoms with E-state index in [9.17, 15) is 9.59 Å². The molecule has 17 heavy (non-hydrogen) atoms. The number of rotatable bonds is 3. The third-order valence-electron chi connectivity index (χ3n) is 1.66. The van der Waals surface area contributed by atoms with E-state index in [1.807, 2.05) is 0 Å². The first-order valence-electron chi connectivity index (χ1n) is 4.40. The minimum atomic E-state index is -2.27. The molecule has 0 aromatic heterocycles. The maximum atomic E-state index is 9.77. The summed E-state index contributed by atoms with van der Waals surface area (Å²) >= 11 is 9.59. The molecule has 1 rings (SSSR count). The van der Waals surface area contributed by atoms with Gasteiger partial charge in [0.25, 0.3) is 0 Å². The Morgan fingerprint density at radius 1 is 1.00 bits per heavy atom. The number of hydrogen-bond acceptors (Lipinski definition) is 6. The number of carboxylic acid groups (broad SMARTS) is 2. The van der Waals surface area contributed by atoms with Gasteiger partial charge in [0.1, 0.15) is 0 Å². The van der Waals surface area contributed by atoms with Crippen LogP contribution in [0.3, 0.4) is 0 Å². The van der Waals surface area contributed by atoms with Gasteiger partial charge < -0.3 is 25.7 Å². The first kappa shape index (κ1) is 15.8. The second kappa shape index (κ2) is 7.22. The molecule has 0 aromatic rings. The molecular formula is C8H11NO6S2. The van der Waals surface area contributed by atoms with Crippen LogP contribution in [0, 0.1) is 0 Å². The van der Waals surface area contributed by atoms with Crippen molar-refractivity contribution in [3.63, 3.8) is 0 Å². The fourth-order valence-electron chi connectivity index (χ4n) is 0.778. The van der Waals surface area contributed by atoms with Crippen LogP contribution in [0.4, 0.5) is 0 Å². The summed E-state index contributed by atoms with van der Waals surface area (Å²) in [5.41, 5.74) is 0. The van der Waals surface area contributed by atoms with Crippen molar-refractivity contribution >= 4 is 46.4 Å². The van der Waals surface area contributed by atoms with Gasteiger partial charge in [0.2, 0.25) is 0 Å². The summed E-state index contributed by atoms with van der Waals surface area (Å²) in [7, 11) is 0. The number of hydrogen-bond donors (Lipinski definition) is 5. The molecule has 0 bridgehead atoms. The molecule has 0 aromatic carbocycles. The highest BCUT2D eigenvalue weighted by Gasteiger charge is 2.29. The van der Waals surface area contributed by atoms with E-state index in [0.29, 0.717) is 0 Å². The van der Waals surface area contributed by atoms with Crippen LogP contribution < -0.4 is 5.32 Å². The summed E-state index contributed by atoms with van der Waals surface area (Å²) in [5.74, 6) is -3.54. The van der Waals surface area contributed by atoms with Gasteiger partial charge in [0.05, 0.1) is 9.98 Å². The zero-order chi connectivity index (χ0) is 13.6. The lowest BCUT2D eigenvalue weighted by atomic mass is 10.2. The summed E-state index contributed by atoms with van der Waals surface area (Å²) in [5, 5.41) is 35.4. The van der Waals surface area contributed by atoms with Gasteiger partial charge in [0.15, 0.2) is 12.2 Å². The molecule has 1 aliphatic heterocycles. The summed E-state index contributed by atoms with van der Waals surface area (Å²) in [6.45, 7) is 0. The third kappa shape index (κ3) is 6.22. The van der Waals surface area contributed by atoms with E-state index in [0.717, 1.165) is 22.8 Å². The first-order chi connectivity index (χ1) is 7.75. The van der Waals surface area contributed by atoms with Crippen LogP contribution in [0.5, 0.6) is 0 Å². The molecule has 2 atom stereocenters. The van der Waals surface area contributed by atoms with E-state index in [4.69, 9.17) is 44.9 Å². The zero-order valence-corrected chi connectivity index (χ0v) is 10.1. The van der Waals surface area contributed by atoms with Gasteiger partial charge >= 0.3 is 11.9 Å². The molecule has 1 fully saturated rings. The molecule has 0 amide bonds. The minimum absolute atomic E-state index is 0.894. The first-order valence-corrected chi connectivity index (χ1v) is 5.21. The lowest BCUT2D eigenvalue weighted by Gasteiger charge is -2.07. The van der Waals surface area contributed by atoms with Crippen LogP contribution in [0.1, 0.15) is 12.8 Å². The molecule has 2 unspecified atom stereocenters. The van der Waals surface area contributed by atoms with Crippen LogP contribution in [0.2, 0.25) is 0 Å². The van der Waals surface area contributed by atoms with Crippen LogP contribution in [-0.2, 0) is 9.59 Å². The lowest BCUT2D eigenvalue weighted by Crippen LogP contribution is -2.39. The second-order valence-corrected chi connectivity index (χ2v) is 4.02. The van der Waals surface area contributed by atoms with E-state index >= 15 is 0 Å². The maximum Gasteiger partial charge on any atom is 0.335 e. The molecule has 96 valence electrons. The average Bonchev–Trinajstić information content (AvgIpc) is 2.60. The topological polar surface area (TPSA) is 127 Å². The van der Waals surface area contributed by atoms with E-state index in [1.54, 1.807) is 0 Å². The largest absolute Gasteiger partial charge is 0.479 e. The standard InChI is InChI=1S/C4H5NS2.C4H6O6/c6-3-1-2-4(7)5-3;5-1(3(7)8)2(6)4(9)10/h1-2H2,(H,5,6,7);1-2,5-6H,(H,7,8)(H,9,10). The lowest BCUT2D eigenvalue weighted by molar-refractivity contribution is -0.165. The Kier molecular flexibility index (Phi) is 6.73. The fourth-order valence-corrected chi connectivity index (χ4v) is 1.29. The highest BCUT2D eigenvalue weighted by atomic mass is 32.1. The molecular weight excluding hydrogens is 270 g/mol. The highest BCUT2D eigenvalue weighted by Crippen LogP contribution is 2.00. The SMILES string of the molecule is O=C(O)C(O)C(O)C(=O)O.S=C1CCC(=S)N1. The van der Waals surface area contributed by atoms with E-state index in [2.05, 4.69) is 5.32 Å². The quantitative estimate of drug-likeness (QED) is 0.410. The molecule has 0 saturated carbocycles. The third-order valence-corrected chi connectivity index (χ3v) is 2.28. The van der Waals surface area contributed by atoms with Gasteiger partial charge in [-0.25, -0.2) is 9.59 Å². The van der Waals surface area contributed by atoms with Crippen LogP contribution in [-0.4, -0.2) is 54.5 Å². The predicted octanol–water partition coefficient (Wildman–Crippen LogP) is -1.10. The monoisotopic (exact) mass is 281 g/mol. The van der Waals surface area contributed by atoms with Crippen molar-refractivity contribution in [1.82, 2.24) is 5.32 Å². The molecule has 0 aliphatic carbocycles. The molecule has 7 nitrogen and oxygen atoms in total. The maximum absolute atomic E-state index is 9.77. The van der Waals surface area contributed by atoms with E-state index in [-0.39, 0.29) is 0 Å². The number of carbonyl (C=O) groups is 2. The van der Waals surface area contributed by atoms with Crippen molar-refractivity contribution in [2.75, 3.05) is 0 Å². The van der Waals surface area contributed by atoms with Gasteiger partial charge in [-0.3, -0.25) is 0 Å². The Bertz CT molecular complexity index is 313. The Labute approximate surface area is 107 Å². The van der Waals surface area contributed by atoms with E-state index in [1.165, 1.54) is 0 Å². The Hall–Kier alpha value is -1.16. The zero-order valence-electron chi connectivity index (χ0n) is 8.49. The number of thiocarbonyl (C=S) groups is 2. The fraction of sp³-hybridized carbons (Fsp3) is 0.500. The normalized spacial score (nSPS) is 17.5. The molecule has 5 N–H and O–H groups in total. The van der Waals surface area contributed by atoms with Gasteiger partial charge in [-0.1, -0.05) is 24.4 Å². The molecule has 1 saturated heterocycles. The summed E-state index contributed by atoms with van der Waals surface area (Å²) in [6, 6.07) is 0. The minimum Gasteiger partial charge on any atom is -0.479 e. The van der Waals surface area contributed by atoms with Crippen molar-refractivity contribution in [1.29, 1.82) is 0 Å². The molecule has 0 radical (unpaired) electrons. The summed E-state index contributed by atoms with van der Waals surface area (Å²) in [6.07, 6.45) is -2.63. The number of aliphatic hydroxyl groups excluding tert-OH is 2. The van der Waals surface area contributed by atoms with Gasteiger partial charge in [0, 0.05) is 12.8 Å². The van der Waals surface area contributed by atoms with Crippen molar-refractivity contribution < 1.29 is 30.0 Å². The smallest absolute Gasteiger partial charge is 0.335 e. The van der Waals surface area contributed by atoms with Crippen molar-refractivity contribution in [2.45, 2.75) is 25.0 Å². The molecule has 0 spiro atoms. The molecule has 9 heteroatoms. The number of aliphatic carboxylic acids is 2. The van der Waals surface area contributed by atoms with Crippen molar-refractivity contribution in [3.05, 3.63) is 0 Å². The van der Waals surface area contributed by atoms with E-state index < -0.39 is 24.1 Å². The second-order valence-electron chi connectivity index (χ2n) is 3.04. The van der Waals surface area contributed by atoms with Gasteiger partial charge in [-0.15, -0.1) is 0 Å². The molecule has 1 heterocycles. The Balaban J connectivity index is 0.000000318. The summed E-state index contributed by atoms with van der Waals surface area (Å²) in [4.78, 5) is 21.3. The highest BCUT2D eigenvalue weighted by molar-refractivity contribution is 7.82. The van der Waals surface area contributed by atoms with Crippen LogP contribution >= 0.6 is 24.4 Å². The predicted molar refractivity (Wildman–Crippen MR) is 64.9 cm³/mol. The Morgan fingerprint density at radius 2 is 1.29 bits per heavy atom.